The minimum atomic E-state index is -0.877. The molecular formula is C12H16N2O. The minimum absolute atomic E-state index is 0.597. The molecular weight excluding hydrogens is 188 g/mol. The van der Waals surface area contributed by atoms with Crippen molar-refractivity contribution in [2.24, 2.45) is 4.99 Å². The lowest BCUT2D eigenvalue weighted by Crippen LogP contribution is -2.44. The zero-order valence-electron chi connectivity index (χ0n) is 8.90. The fraction of sp³-hybridized carbons (Fsp3) is 0.417. The van der Waals surface area contributed by atoms with Crippen LogP contribution in [-0.4, -0.2) is 29.6 Å². The smallest absolute Gasteiger partial charge is 0.129 e. The second kappa shape index (κ2) is 4.03. The molecule has 1 aliphatic rings. The maximum absolute atomic E-state index is 10.3. The van der Waals surface area contributed by atoms with Crippen molar-refractivity contribution in [2.45, 2.75) is 18.9 Å². The van der Waals surface area contributed by atoms with E-state index >= 15 is 0 Å². The Labute approximate surface area is 89.9 Å². The molecule has 2 N–H and O–H groups in total. The molecule has 0 aromatic heterocycles. The molecule has 0 saturated heterocycles. The lowest BCUT2D eigenvalue weighted by atomic mass is 9.95. The van der Waals surface area contributed by atoms with E-state index in [9.17, 15) is 5.11 Å². The van der Waals surface area contributed by atoms with Gasteiger partial charge in [0, 0.05) is 13.0 Å². The van der Waals surface area contributed by atoms with Crippen LogP contribution in [0.15, 0.2) is 35.3 Å². The van der Waals surface area contributed by atoms with E-state index in [1.165, 1.54) is 0 Å². The van der Waals surface area contributed by atoms with Crippen LogP contribution in [0.3, 0.4) is 0 Å². The van der Waals surface area contributed by atoms with E-state index in [4.69, 9.17) is 0 Å². The second-order valence-electron chi connectivity index (χ2n) is 4.09. The van der Waals surface area contributed by atoms with Gasteiger partial charge in [-0.25, -0.2) is 0 Å². The van der Waals surface area contributed by atoms with Crippen LogP contribution in [0.2, 0.25) is 0 Å². The Bertz CT molecular complexity index is 357. The topological polar surface area (TPSA) is 44.6 Å². The fourth-order valence-electron chi connectivity index (χ4n) is 1.84. The van der Waals surface area contributed by atoms with Crippen molar-refractivity contribution >= 4 is 5.84 Å². The van der Waals surface area contributed by atoms with Gasteiger partial charge in [-0.05, 0) is 12.5 Å². The number of rotatable bonds is 3. The van der Waals surface area contributed by atoms with Gasteiger partial charge in [-0.3, -0.25) is 4.99 Å². The maximum atomic E-state index is 10.3. The first-order valence-electron chi connectivity index (χ1n) is 5.23. The standard InChI is InChI=1S/C12H16N2O/c1-12(15,11-13-7-8-14-11)9-10-5-3-2-4-6-10/h2-6,15H,7-9H2,1H3,(H,13,14)/t12-/m0/s1. The molecule has 0 saturated carbocycles. The van der Waals surface area contributed by atoms with Gasteiger partial charge in [-0.15, -0.1) is 0 Å². The van der Waals surface area contributed by atoms with E-state index in [2.05, 4.69) is 10.3 Å². The first-order chi connectivity index (χ1) is 7.18. The summed E-state index contributed by atoms with van der Waals surface area (Å²) >= 11 is 0. The molecule has 1 aromatic carbocycles. The van der Waals surface area contributed by atoms with Gasteiger partial charge in [0.2, 0.25) is 0 Å². The molecule has 1 atom stereocenters. The van der Waals surface area contributed by atoms with Crippen molar-refractivity contribution in [3.05, 3.63) is 35.9 Å². The van der Waals surface area contributed by atoms with Gasteiger partial charge in [0.05, 0.1) is 6.54 Å². The van der Waals surface area contributed by atoms with Crippen LogP contribution in [0.25, 0.3) is 0 Å². The van der Waals surface area contributed by atoms with Gasteiger partial charge in [0.15, 0.2) is 0 Å². The van der Waals surface area contributed by atoms with Gasteiger partial charge < -0.3 is 10.4 Å². The molecule has 1 aromatic rings. The zero-order chi connectivity index (χ0) is 10.7. The molecule has 1 aliphatic heterocycles. The Balaban J connectivity index is 2.10. The van der Waals surface area contributed by atoms with Crippen molar-refractivity contribution in [1.29, 1.82) is 0 Å². The normalized spacial score (nSPS) is 19.2. The predicted octanol–water partition coefficient (Wildman–Crippen LogP) is 0.982. The van der Waals surface area contributed by atoms with Crippen LogP contribution in [0.4, 0.5) is 0 Å². The lowest BCUT2D eigenvalue weighted by Gasteiger charge is -2.23. The summed E-state index contributed by atoms with van der Waals surface area (Å²) in [6, 6.07) is 9.97. The predicted molar refractivity (Wildman–Crippen MR) is 61.1 cm³/mol. The average molecular weight is 204 g/mol. The molecule has 0 fully saturated rings. The molecule has 3 nitrogen and oxygen atoms in total. The van der Waals surface area contributed by atoms with Crippen molar-refractivity contribution in [3.63, 3.8) is 0 Å². The Hall–Kier alpha value is -1.35. The van der Waals surface area contributed by atoms with E-state index in [0.29, 0.717) is 12.3 Å². The number of nitrogens with zero attached hydrogens (tertiary/aromatic N) is 1. The molecule has 0 aliphatic carbocycles. The number of aliphatic hydroxyl groups is 1. The highest BCUT2D eigenvalue weighted by atomic mass is 16.3. The SMILES string of the molecule is C[C@](O)(Cc1ccccc1)C1=NCCN1. The van der Waals surface area contributed by atoms with Gasteiger partial charge in [0.25, 0.3) is 0 Å². The monoisotopic (exact) mass is 204 g/mol. The molecule has 0 unspecified atom stereocenters. The third-order valence-electron chi connectivity index (χ3n) is 2.58. The lowest BCUT2D eigenvalue weighted by molar-refractivity contribution is 0.130. The van der Waals surface area contributed by atoms with Gasteiger partial charge in [-0.2, -0.15) is 0 Å². The zero-order valence-corrected chi connectivity index (χ0v) is 8.90. The highest BCUT2D eigenvalue weighted by molar-refractivity contribution is 5.91. The van der Waals surface area contributed by atoms with Gasteiger partial charge >= 0.3 is 0 Å². The number of benzene rings is 1. The highest BCUT2D eigenvalue weighted by Gasteiger charge is 2.29. The van der Waals surface area contributed by atoms with E-state index in [1.807, 2.05) is 30.3 Å². The molecule has 15 heavy (non-hydrogen) atoms. The Kier molecular flexibility index (Phi) is 2.73. The first kappa shape index (κ1) is 10.2. The molecule has 1 heterocycles. The van der Waals surface area contributed by atoms with Crippen LogP contribution in [0, 0.1) is 0 Å². The Morgan fingerprint density at radius 2 is 2.13 bits per heavy atom. The number of hydrogen-bond donors (Lipinski definition) is 2. The van der Waals surface area contributed by atoms with E-state index in [0.717, 1.165) is 18.7 Å². The third-order valence-corrected chi connectivity index (χ3v) is 2.58. The Morgan fingerprint density at radius 3 is 2.73 bits per heavy atom. The molecule has 80 valence electrons. The quantitative estimate of drug-likeness (QED) is 0.771. The molecule has 0 spiro atoms. The number of hydrogen-bond acceptors (Lipinski definition) is 3. The summed E-state index contributed by atoms with van der Waals surface area (Å²) in [6.07, 6.45) is 0.597. The van der Waals surface area contributed by atoms with Crippen LogP contribution in [0.5, 0.6) is 0 Å². The summed E-state index contributed by atoms with van der Waals surface area (Å²) in [4.78, 5) is 4.26. The minimum Gasteiger partial charge on any atom is -0.382 e. The highest BCUT2D eigenvalue weighted by Crippen LogP contribution is 2.15. The average Bonchev–Trinajstić information content (AvgIpc) is 2.71. The van der Waals surface area contributed by atoms with Crippen LogP contribution in [0.1, 0.15) is 12.5 Å². The fourth-order valence-corrected chi connectivity index (χ4v) is 1.84. The van der Waals surface area contributed by atoms with Crippen molar-refractivity contribution in [1.82, 2.24) is 5.32 Å². The van der Waals surface area contributed by atoms with Crippen LogP contribution in [-0.2, 0) is 6.42 Å². The van der Waals surface area contributed by atoms with Crippen LogP contribution < -0.4 is 5.32 Å². The van der Waals surface area contributed by atoms with E-state index in [-0.39, 0.29) is 0 Å². The number of nitrogens with one attached hydrogen (secondary N) is 1. The molecule has 2 rings (SSSR count). The number of aliphatic imine (C=N–C) groups is 1. The number of amidine groups is 1. The van der Waals surface area contributed by atoms with Crippen molar-refractivity contribution in [2.75, 3.05) is 13.1 Å². The van der Waals surface area contributed by atoms with Crippen LogP contribution >= 0.6 is 0 Å². The first-order valence-corrected chi connectivity index (χ1v) is 5.23. The molecule has 0 bridgehead atoms. The largest absolute Gasteiger partial charge is 0.382 e. The Morgan fingerprint density at radius 1 is 1.40 bits per heavy atom. The summed E-state index contributed by atoms with van der Waals surface area (Å²) < 4.78 is 0. The van der Waals surface area contributed by atoms with Gasteiger partial charge in [0.1, 0.15) is 11.4 Å². The molecule has 0 radical (unpaired) electrons. The van der Waals surface area contributed by atoms with E-state index < -0.39 is 5.60 Å². The maximum Gasteiger partial charge on any atom is 0.129 e. The van der Waals surface area contributed by atoms with E-state index in [1.54, 1.807) is 6.92 Å². The van der Waals surface area contributed by atoms with Crippen molar-refractivity contribution < 1.29 is 5.11 Å². The molecule has 0 amide bonds. The molecule has 3 heteroatoms. The van der Waals surface area contributed by atoms with Gasteiger partial charge in [-0.1, -0.05) is 30.3 Å². The van der Waals surface area contributed by atoms with Crippen molar-refractivity contribution in [3.8, 4) is 0 Å². The third kappa shape index (κ3) is 2.36. The summed E-state index contributed by atoms with van der Waals surface area (Å²) in [6.45, 7) is 3.40. The summed E-state index contributed by atoms with van der Waals surface area (Å²) in [5.41, 5.74) is 0.247. The summed E-state index contributed by atoms with van der Waals surface area (Å²) in [5, 5.41) is 13.4. The summed E-state index contributed by atoms with van der Waals surface area (Å²) in [5.74, 6) is 0.714. The second-order valence-corrected chi connectivity index (χ2v) is 4.09. The summed E-state index contributed by atoms with van der Waals surface area (Å²) in [7, 11) is 0.